The Bertz CT molecular complexity index is 802. The van der Waals surface area contributed by atoms with E-state index in [-0.39, 0.29) is 5.82 Å². The van der Waals surface area contributed by atoms with Crippen molar-refractivity contribution in [3.63, 3.8) is 0 Å². The van der Waals surface area contributed by atoms with Crippen LogP contribution < -0.4 is 14.8 Å². The van der Waals surface area contributed by atoms with E-state index in [1.165, 1.54) is 44.6 Å². The first-order valence-corrected chi connectivity index (χ1v) is 7.64. The summed E-state index contributed by atoms with van der Waals surface area (Å²) in [6.45, 7) is -0.465. The third-order valence-corrected chi connectivity index (χ3v) is 3.31. The first-order valence-electron chi connectivity index (χ1n) is 7.64. The molecule has 0 radical (unpaired) electrons. The molecule has 1 N–H and O–H groups in total. The van der Waals surface area contributed by atoms with Crippen molar-refractivity contribution < 1.29 is 28.2 Å². The highest BCUT2D eigenvalue weighted by molar-refractivity contribution is 5.95. The van der Waals surface area contributed by atoms with Crippen molar-refractivity contribution in [3.05, 3.63) is 59.9 Å². The maximum Gasteiger partial charge on any atom is 0.331 e. The zero-order valence-corrected chi connectivity index (χ0v) is 14.3. The maximum absolute atomic E-state index is 12.8. The molecule has 0 fully saturated rings. The number of carbonyl (C=O) groups is 2. The molecular weight excluding hydrogens is 341 g/mol. The number of methoxy groups -OCH3 is 2. The Morgan fingerprint density at radius 2 is 1.81 bits per heavy atom. The monoisotopic (exact) mass is 359 g/mol. The third kappa shape index (κ3) is 5.62. The van der Waals surface area contributed by atoms with E-state index in [0.29, 0.717) is 22.7 Å². The van der Waals surface area contributed by atoms with Crippen molar-refractivity contribution in [2.24, 2.45) is 0 Å². The summed E-state index contributed by atoms with van der Waals surface area (Å²) < 4.78 is 27.9. The molecule has 0 heterocycles. The lowest BCUT2D eigenvalue weighted by atomic mass is 10.2. The highest BCUT2D eigenvalue weighted by Crippen LogP contribution is 2.28. The number of nitrogens with one attached hydrogen (secondary N) is 1. The van der Waals surface area contributed by atoms with Crippen molar-refractivity contribution in [3.8, 4) is 11.5 Å². The molecule has 0 bridgehead atoms. The second-order valence-electron chi connectivity index (χ2n) is 5.11. The van der Waals surface area contributed by atoms with Gasteiger partial charge in [0.2, 0.25) is 0 Å². The summed E-state index contributed by atoms with van der Waals surface area (Å²) in [5.74, 6) is -0.599. The highest BCUT2D eigenvalue weighted by atomic mass is 19.1. The maximum atomic E-state index is 12.8. The summed E-state index contributed by atoms with van der Waals surface area (Å²) in [6.07, 6.45) is 2.62. The second-order valence-corrected chi connectivity index (χ2v) is 5.11. The van der Waals surface area contributed by atoms with Gasteiger partial charge in [0.15, 0.2) is 6.61 Å². The summed E-state index contributed by atoms with van der Waals surface area (Å²) in [7, 11) is 2.97. The van der Waals surface area contributed by atoms with E-state index in [2.05, 4.69) is 5.32 Å². The molecule has 0 unspecified atom stereocenters. The smallest absolute Gasteiger partial charge is 0.331 e. The van der Waals surface area contributed by atoms with Crippen LogP contribution in [0, 0.1) is 5.82 Å². The van der Waals surface area contributed by atoms with Crippen molar-refractivity contribution in [1.82, 2.24) is 0 Å². The summed E-state index contributed by atoms with van der Waals surface area (Å²) in [5, 5.41) is 2.58. The van der Waals surface area contributed by atoms with Crippen LogP contribution in [-0.4, -0.2) is 32.7 Å². The highest BCUT2D eigenvalue weighted by Gasteiger charge is 2.10. The standard InChI is InChI=1S/C19H18FNO5/c1-24-15-8-9-17(25-2)16(11-15)21-18(22)12-26-19(23)10-5-13-3-6-14(20)7-4-13/h3-11H,12H2,1-2H3,(H,21,22)/b10-5+. The summed E-state index contributed by atoms with van der Waals surface area (Å²) in [5.41, 5.74) is 1.03. The topological polar surface area (TPSA) is 73.9 Å². The van der Waals surface area contributed by atoms with Crippen molar-refractivity contribution in [1.29, 1.82) is 0 Å². The van der Waals surface area contributed by atoms with Crippen LogP contribution in [0.1, 0.15) is 5.56 Å². The largest absolute Gasteiger partial charge is 0.497 e. The van der Waals surface area contributed by atoms with Crippen LogP contribution in [0.4, 0.5) is 10.1 Å². The number of ether oxygens (including phenoxy) is 3. The molecule has 26 heavy (non-hydrogen) atoms. The van der Waals surface area contributed by atoms with Crippen LogP contribution in [0.15, 0.2) is 48.5 Å². The molecule has 0 saturated heterocycles. The molecule has 6 nitrogen and oxygen atoms in total. The van der Waals surface area contributed by atoms with Gasteiger partial charge in [-0.1, -0.05) is 12.1 Å². The molecule has 0 aliphatic rings. The Balaban J connectivity index is 1.88. The number of hydrogen-bond acceptors (Lipinski definition) is 5. The molecule has 2 rings (SSSR count). The van der Waals surface area contributed by atoms with E-state index in [1.807, 2.05) is 0 Å². The summed E-state index contributed by atoms with van der Waals surface area (Å²) in [4.78, 5) is 23.6. The number of benzene rings is 2. The van der Waals surface area contributed by atoms with Gasteiger partial charge in [0.05, 0.1) is 19.9 Å². The Hall–Kier alpha value is -3.35. The Morgan fingerprint density at radius 1 is 1.08 bits per heavy atom. The normalized spacial score (nSPS) is 10.4. The molecule has 0 aromatic heterocycles. The molecule has 0 saturated carbocycles. The predicted octanol–water partition coefficient (Wildman–Crippen LogP) is 3.04. The predicted molar refractivity (Wildman–Crippen MR) is 94.6 cm³/mol. The minimum atomic E-state index is -0.693. The zero-order valence-electron chi connectivity index (χ0n) is 14.3. The van der Waals surface area contributed by atoms with Gasteiger partial charge in [0, 0.05) is 12.1 Å². The van der Waals surface area contributed by atoms with Crippen LogP contribution in [0.2, 0.25) is 0 Å². The summed E-state index contributed by atoms with van der Waals surface area (Å²) in [6, 6.07) is 10.5. The number of halogens is 1. The Kier molecular flexibility index (Phi) is 6.73. The summed E-state index contributed by atoms with van der Waals surface area (Å²) >= 11 is 0. The van der Waals surface area contributed by atoms with Gasteiger partial charge in [-0.25, -0.2) is 9.18 Å². The molecule has 7 heteroatoms. The molecule has 2 aromatic rings. The van der Waals surface area contributed by atoms with Crippen LogP contribution in [0.25, 0.3) is 6.08 Å². The molecule has 0 aliphatic heterocycles. The lowest BCUT2D eigenvalue weighted by Crippen LogP contribution is -2.20. The van der Waals surface area contributed by atoms with Crippen molar-refractivity contribution in [2.75, 3.05) is 26.1 Å². The average Bonchev–Trinajstić information content (AvgIpc) is 2.65. The van der Waals surface area contributed by atoms with Crippen LogP contribution >= 0.6 is 0 Å². The number of hydrogen-bond donors (Lipinski definition) is 1. The van der Waals surface area contributed by atoms with E-state index < -0.39 is 18.5 Å². The molecule has 136 valence electrons. The SMILES string of the molecule is COc1ccc(OC)c(NC(=O)COC(=O)/C=C/c2ccc(F)cc2)c1. The van der Waals surface area contributed by atoms with Crippen LogP contribution in [0.3, 0.4) is 0 Å². The molecular formula is C19H18FNO5. The van der Waals surface area contributed by atoms with Gasteiger partial charge >= 0.3 is 5.97 Å². The number of esters is 1. The van der Waals surface area contributed by atoms with Gasteiger partial charge in [-0.3, -0.25) is 4.79 Å². The van der Waals surface area contributed by atoms with Crippen LogP contribution in [0.5, 0.6) is 11.5 Å². The molecule has 0 atom stereocenters. The van der Waals surface area contributed by atoms with E-state index in [4.69, 9.17) is 14.2 Å². The first-order chi connectivity index (χ1) is 12.5. The third-order valence-electron chi connectivity index (χ3n) is 3.31. The fourth-order valence-electron chi connectivity index (χ4n) is 2.02. The van der Waals surface area contributed by atoms with Gasteiger partial charge in [0.25, 0.3) is 5.91 Å². The lowest BCUT2D eigenvalue weighted by molar-refractivity contribution is -0.142. The van der Waals surface area contributed by atoms with E-state index in [1.54, 1.807) is 18.2 Å². The van der Waals surface area contributed by atoms with E-state index in [0.717, 1.165) is 6.08 Å². The van der Waals surface area contributed by atoms with Gasteiger partial charge in [0.1, 0.15) is 17.3 Å². The minimum absolute atomic E-state index is 0.366. The van der Waals surface area contributed by atoms with Gasteiger partial charge in [-0.05, 0) is 35.9 Å². The van der Waals surface area contributed by atoms with E-state index in [9.17, 15) is 14.0 Å². The van der Waals surface area contributed by atoms with Crippen LogP contribution in [-0.2, 0) is 14.3 Å². The first kappa shape index (κ1) is 19.0. The fraction of sp³-hybridized carbons (Fsp3) is 0.158. The molecule has 2 aromatic carbocycles. The molecule has 1 amide bonds. The van der Waals surface area contributed by atoms with Crippen molar-refractivity contribution >= 4 is 23.6 Å². The van der Waals surface area contributed by atoms with E-state index >= 15 is 0 Å². The molecule has 0 aliphatic carbocycles. The number of anilines is 1. The lowest BCUT2D eigenvalue weighted by Gasteiger charge is -2.11. The average molecular weight is 359 g/mol. The molecule has 0 spiro atoms. The Labute approximate surface area is 150 Å². The van der Waals surface area contributed by atoms with Gasteiger partial charge in [-0.15, -0.1) is 0 Å². The number of amides is 1. The minimum Gasteiger partial charge on any atom is -0.497 e. The van der Waals surface area contributed by atoms with Gasteiger partial charge < -0.3 is 19.5 Å². The van der Waals surface area contributed by atoms with Gasteiger partial charge in [-0.2, -0.15) is 0 Å². The number of rotatable bonds is 7. The Morgan fingerprint density at radius 3 is 2.46 bits per heavy atom. The fourth-order valence-corrected chi connectivity index (χ4v) is 2.02. The zero-order chi connectivity index (χ0) is 18.9. The second kappa shape index (κ2) is 9.22. The quantitative estimate of drug-likeness (QED) is 0.608. The van der Waals surface area contributed by atoms with Crippen molar-refractivity contribution in [2.45, 2.75) is 0 Å². The number of carbonyl (C=O) groups excluding carboxylic acids is 2.